The van der Waals surface area contributed by atoms with Gasteiger partial charge in [0.25, 0.3) is 0 Å². The van der Waals surface area contributed by atoms with E-state index in [1.807, 2.05) is 32.0 Å². The van der Waals surface area contributed by atoms with Crippen LogP contribution in [0.25, 0.3) is 0 Å². The van der Waals surface area contributed by atoms with Crippen molar-refractivity contribution in [3.8, 4) is 0 Å². The third-order valence-electron chi connectivity index (χ3n) is 5.88. The highest BCUT2D eigenvalue weighted by Crippen LogP contribution is 2.09. The van der Waals surface area contributed by atoms with Crippen molar-refractivity contribution in [3.63, 3.8) is 0 Å². The van der Waals surface area contributed by atoms with Gasteiger partial charge in [-0.15, -0.1) is 0 Å². The van der Waals surface area contributed by atoms with Gasteiger partial charge in [-0.1, -0.05) is 81.4 Å². The first-order valence-electron chi connectivity index (χ1n) is 13.2. The van der Waals surface area contributed by atoms with Gasteiger partial charge >= 0.3 is 12.1 Å². The molecule has 0 radical (unpaired) electrons. The average Bonchev–Trinajstić information content (AvgIpc) is 2.93. The van der Waals surface area contributed by atoms with Crippen LogP contribution < -0.4 is 21.3 Å². The molecule has 0 aliphatic heterocycles. The number of alkyl carbamates (subject to hydrolysis) is 1. The minimum atomic E-state index is -1.41. The van der Waals surface area contributed by atoms with Gasteiger partial charge in [-0.05, 0) is 23.5 Å². The normalized spacial score (nSPS) is 12.9. The Labute approximate surface area is 234 Å². The van der Waals surface area contributed by atoms with Crippen molar-refractivity contribution in [1.29, 1.82) is 0 Å². The minimum Gasteiger partial charge on any atom is -0.480 e. The van der Waals surface area contributed by atoms with Crippen molar-refractivity contribution in [2.75, 3.05) is 6.54 Å². The summed E-state index contributed by atoms with van der Waals surface area (Å²) in [5.41, 5.74) is 1.51. The third-order valence-corrected chi connectivity index (χ3v) is 5.88. The van der Waals surface area contributed by atoms with Crippen molar-refractivity contribution in [2.45, 2.75) is 64.8 Å². The molecule has 11 heteroatoms. The molecule has 3 atom stereocenters. The van der Waals surface area contributed by atoms with Gasteiger partial charge in [0.15, 0.2) is 0 Å². The zero-order chi connectivity index (χ0) is 29.5. The fraction of sp³-hybridized carbons (Fsp3) is 0.414. The number of aliphatic carboxylic acids is 1. The summed E-state index contributed by atoms with van der Waals surface area (Å²) < 4.78 is 5.26. The molecule has 0 heterocycles. The molecule has 0 bridgehead atoms. The zero-order valence-electron chi connectivity index (χ0n) is 23.0. The molecular formula is C29H38N4O7. The van der Waals surface area contributed by atoms with Gasteiger partial charge in [-0.3, -0.25) is 14.4 Å². The van der Waals surface area contributed by atoms with Crippen LogP contribution >= 0.6 is 0 Å². The van der Waals surface area contributed by atoms with Crippen LogP contribution in [-0.4, -0.2) is 59.6 Å². The molecule has 0 aromatic heterocycles. The summed E-state index contributed by atoms with van der Waals surface area (Å²) in [7, 11) is 0. The van der Waals surface area contributed by atoms with Gasteiger partial charge in [0.1, 0.15) is 24.7 Å². The zero-order valence-corrected chi connectivity index (χ0v) is 23.0. The number of carbonyl (C=O) groups excluding carboxylic acids is 4. The second-order valence-electron chi connectivity index (χ2n) is 9.70. The molecule has 0 aliphatic rings. The van der Waals surface area contributed by atoms with E-state index in [4.69, 9.17) is 4.74 Å². The SMILES string of the molecule is CCC(=O)NC[C@H](NC(=O)[C@H](Cc1ccccc1)NC(=O)[C@H](CC(C)C)NC(=O)OCc1ccccc1)C(=O)O. The molecule has 40 heavy (non-hydrogen) atoms. The van der Waals surface area contributed by atoms with E-state index in [1.54, 1.807) is 49.4 Å². The summed E-state index contributed by atoms with van der Waals surface area (Å²) in [5, 5.41) is 19.7. The Morgan fingerprint density at radius 2 is 1.32 bits per heavy atom. The molecule has 0 unspecified atom stereocenters. The Morgan fingerprint density at radius 1 is 0.775 bits per heavy atom. The van der Waals surface area contributed by atoms with Crippen LogP contribution in [0.4, 0.5) is 4.79 Å². The fourth-order valence-corrected chi connectivity index (χ4v) is 3.75. The lowest BCUT2D eigenvalue weighted by Crippen LogP contribution is -2.58. The maximum absolute atomic E-state index is 13.3. The molecule has 0 saturated carbocycles. The molecule has 0 saturated heterocycles. The van der Waals surface area contributed by atoms with Gasteiger partial charge in [0, 0.05) is 19.4 Å². The van der Waals surface area contributed by atoms with Crippen molar-refractivity contribution >= 4 is 29.8 Å². The lowest BCUT2D eigenvalue weighted by molar-refractivity contribution is -0.142. The number of benzene rings is 2. The summed E-state index contributed by atoms with van der Waals surface area (Å²) in [5.74, 6) is -3.05. The summed E-state index contributed by atoms with van der Waals surface area (Å²) in [6.45, 7) is 5.09. The fourth-order valence-electron chi connectivity index (χ4n) is 3.75. The van der Waals surface area contributed by atoms with E-state index in [0.29, 0.717) is 0 Å². The highest BCUT2D eigenvalue weighted by Gasteiger charge is 2.30. The molecule has 0 spiro atoms. The molecule has 0 fully saturated rings. The van der Waals surface area contributed by atoms with Gasteiger partial charge in [-0.25, -0.2) is 9.59 Å². The average molecular weight is 555 g/mol. The molecule has 2 aromatic carbocycles. The molecule has 11 nitrogen and oxygen atoms in total. The van der Waals surface area contributed by atoms with E-state index in [9.17, 15) is 29.1 Å². The highest BCUT2D eigenvalue weighted by atomic mass is 16.5. The Kier molecular flexibility index (Phi) is 13.1. The Hall–Kier alpha value is -4.41. The van der Waals surface area contributed by atoms with Gasteiger partial charge in [-0.2, -0.15) is 0 Å². The molecule has 2 aromatic rings. The van der Waals surface area contributed by atoms with Crippen molar-refractivity contribution in [2.24, 2.45) is 5.92 Å². The first-order valence-corrected chi connectivity index (χ1v) is 13.2. The number of amides is 4. The number of ether oxygens (including phenoxy) is 1. The third kappa shape index (κ3) is 11.5. The summed E-state index contributed by atoms with van der Waals surface area (Å²) in [6, 6.07) is 14.4. The Morgan fingerprint density at radius 3 is 1.88 bits per heavy atom. The number of hydrogen-bond acceptors (Lipinski definition) is 6. The lowest BCUT2D eigenvalue weighted by Gasteiger charge is -2.25. The maximum Gasteiger partial charge on any atom is 0.408 e. The molecule has 5 N–H and O–H groups in total. The summed E-state index contributed by atoms with van der Waals surface area (Å²) in [6.07, 6.45) is -0.289. The van der Waals surface area contributed by atoms with E-state index >= 15 is 0 Å². The van der Waals surface area contributed by atoms with Gasteiger partial charge in [0.05, 0.1) is 0 Å². The smallest absolute Gasteiger partial charge is 0.408 e. The van der Waals surface area contributed by atoms with Crippen LogP contribution in [0.5, 0.6) is 0 Å². The predicted octanol–water partition coefficient (Wildman–Crippen LogP) is 2.15. The monoisotopic (exact) mass is 554 g/mol. The van der Waals surface area contributed by atoms with Crippen LogP contribution in [0.3, 0.4) is 0 Å². The Balaban J connectivity index is 2.15. The predicted molar refractivity (Wildman–Crippen MR) is 148 cm³/mol. The standard InChI is InChI=1S/C29H38N4O7/c1-4-25(34)30-17-24(28(37)38)32-27(36)23(16-20-11-7-5-8-12-20)31-26(35)22(15-19(2)3)33-29(39)40-18-21-13-9-6-10-14-21/h5-14,19,22-24H,4,15-18H2,1-3H3,(H,30,34)(H,31,35)(H,32,36)(H,33,39)(H,37,38)/t22-,23-,24-/m0/s1. The molecule has 2 rings (SSSR count). The van der Waals surface area contributed by atoms with Gasteiger partial charge < -0.3 is 31.1 Å². The van der Waals surface area contributed by atoms with Crippen molar-refractivity contribution < 1.29 is 33.8 Å². The van der Waals surface area contributed by atoms with E-state index in [2.05, 4.69) is 21.3 Å². The summed E-state index contributed by atoms with van der Waals surface area (Å²) in [4.78, 5) is 62.4. The number of nitrogens with one attached hydrogen (secondary N) is 4. The summed E-state index contributed by atoms with van der Waals surface area (Å²) >= 11 is 0. The topological polar surface area (TPSA) is 163 Å². The number of carboxylic acids is 1. The van der Waals surface area contributed by atoms with Gasteiger partial charge in [0.2, 0.25) is 17.7 Å². The number of carboxylic acid groups (broad SMARTS) is 1. The van der Waals surface area contributed by atoms with Crippen LogP contribution in [-0.2, 0) is 36.9 Å². The van der Waals surface area contributed by atoms with E-state index in [0.717, 1.165) is 11.1 Å². The number of carbonyl (C=O) groups is 5. The number of rotatable bonds is 15. The van der Waals surface area contributed by atoms with Crippen molar-refractivity contribution in [1.82, 2.24) is 21.3 Å². The largest absolute Gasteiger partial charge is 0.480 e. The molecule has 216 valence electrons. The van der Waals surface area contributed by atoms with Crippen LogP contribution in [0.2, 0.25) is 0 Å². The Bertz CT molecular complexity index is 1130. The van der Waals surface area contributed by atoms with E-state index in [-0.39, 0.29) is 44.2 Å². The second kappa shape index (κ2) is 16.5. The van der Waals surface area contributed by atoms with E-state index < -0.39 is 42.0 Å². The highest BCUT2D eigenvalue weighted by molar-refractivity contribution is 5.93. The lowest BCUT2D eigenvalue weighted by atomic mass is 10.0. The number of hydrogen-bond donors (Lipinski definition) is 5. The first kappa shape index (κ1) is 31.8. The molecule has 4 amide bonds. The first-order chi connectivity index (χ1) is 19.1. The van der Waals surface area contributed by atoms with Crippen LogP contribution in [0.15, 0.2) is 60.7 Å². The quantitative estimate of drug-likeness (QED) is 0.225. The molecular weight excluding hydrogens is 516 g/mol. The molecule has 0 aliphatic carbocycles. The van der Waals surface area contributed by atoms with Crippen LogP contribution in [0, 0.1) is 5.92 Å². The minimum absolute atomic E-state index is 0.0186. The van der Waals surface area contributed by atoms with Crippen LogP contribution in [0.1, 0.15) is 44.7 Å². The van der Waals surface area contributed by atoms with Crippen molar-refractivity contribution in [3.05, 3.63) is 71.8 Å². The second-order valence-corrected chi connectivity index (χ2v) is 9.70. The maximum atomic E-state index is 13.3. The van der Waals surface area contributed by atoms with E-state index in [1.165, 1.54) is 0 Å².